The van der Waals surface area contributed by atoms with Crippen LogP contribution in [-0.4, -0.2) is 4.98 Å². The molecule has 0 bridgehead atoms. The Labute approximate surface area is 317 Å². The summed E-state index contributed by atoms with van der Waals surface area (Å²) in [6.45, 7) is 4.35. The molecule has 0 saturated carbocycles. The lowest BCUT2D eigenvalue weighted by molar-refractivity contribution is 0.477. The molecule has 7 heteroatoms. The van der Waals surface area contributed by atoms with E-state index in [2.05, 4.69) is 162 Å². The second-order valence-electron chi connectivity index (χ2n) is 13.4. The first-order valence-corrected chi connectivity index (χ1v) is 19.4. The summed E-state index contributed by atoms with van der Waals surface area (Å²) < 4.78 is 7.39. The fourth-order valence-corrected chi connectivity index (χ4v) is 9.46. The van der Waals surface area contributed by atoms with E-state index in [1.165, 1.54) is 37.7 Å². The van der Waals surface area contributed by atoms with E-state index in [0.717, 1.165) is 56.0 Å². The number of benzene rings is 7. The van der Waals surface area contributed by atoms with Crippen LogP contribution in [0.4, 0.5) is 39.8 Å². The monoisotopic (exact) mass is 722 g/mol. The zero-order valence-corrected chi connectivity index (χ0v) is 30.8. The summed E-state index contributed by atoms with van der Waals surface area (Å²) in [6.07, 6.45) is 0. The minimum Gasteiger partial charge on any atom is -0.453 e. The molecule has 1 N–H and O–H groups in total. The summed E-state index contributed by atoms with van der Waals surface area (Å²) in [5.41, 5.74) is 13.7. The van der Waals surface area contributed by atoms with Gasteiger partial charge in [0.1, 0.15) is 10.4 Å². The average Bonchev–Trinajstić information content (AvgIpc) is 3.81. The van der Waals surface area contributed by atoms with E-state index in [9.17, 15) is 0 Å². The maximum atomic E-state index is 6.21. The molecule has 8 aromatic rings. The van der Waals surface area contributed by atoms with E-state index >= 15 is 0 Å². The number of thiazole rings is 1. The lowest BCUT2D eigenvalue weighted by Crippen LogP contribution is -2.15. The average molecular weight is 723 g/mol. The normalized spacial score (nSPS) is 14.2. The zero-order valence-electron chi connectivity index (χ0n) is 29.2. The largest absolute Gasteiger partial charge is 0.453 e. The highest BCUT2D eigenvalue weighted by atomic mass is 32.2. The third-order valence-electron chi connectivity index (χ3n) is 9.99. The molecule has 0 spiro atoms. The molecule has 1 atom stereocenters. The molecule has 53 heavy (non-hydrogen) atoms. The fourth-order valence-electron chi connectivity index (χ4n) is 7.31. The number of nitrogens with zero attached hydrogens (tertiary/aromatic N) is 3. The van der Waals surface area contributed by atoms with Gasteiger partial charge in [-0.2, -0.15) is 0 Å². The Morgan fingerprint density at radius 1 is 0.660 bits per heavy atom. The molecule has 2 aliphatic rings. The van der Waals surface area contributed by atoms with Crippen LogP contribution in [-0.2, 0) is 0 Å². The molecule has 0 amide bonds. The summed E-state index contributed by atoms with van der Waals surface area (Å²) in [5.74, 6) is 1.70. The quantitative estimate of drug-likeness (QED) is 0.184. The van der Waals surface area contributed by atoms with Crippen molar-refractivity contribution in [3.05, 3.63) is 174 Å². The lowest BCUT2D eigenvalue weighted by atomic mass is 10.1. The molecule has 5 nitrogen and oxygen atoms in total. The van der Waals surface area contributed by atoms with Crippen LogP contribution < -0.4 is 19.9 Å². The number of para-hydroxylation sites is 6. The Morgan fingerprint density at radius 2 is 1.26 bits per heavy atom. The van der Waals surface area contributed by atoms with Crippen molar-refractivity contribution in [2.24, 2.45) is 0 Å². The van der Waals surface area contributed by atoms with Gasteiger partial charge in [0.2, 0.25) is 0 Å². The van der Waals surface area contributed by atoms with Gasteiger partial charge in [0.25, 0.3) is 0 Å². The number of aryl methyl sites for hydroxylation is 2. The molecule has 3 heterocycles. The standard InChI is InChI=1S/C46H34N4OS2/c1-29-11-3-5-13-37(29)49(38-14-6-4-12-30(38)2)33-23-19-31(20-24-33)45-47-35-27-44-36(28-43(35)52-45)48-46(53-44)32-21-25-34(26-22-32)50-39-15-7-9-17-41(39)51-42-18-10-8-16-40(42)50/h3-28,45,47H,1-2H3. The van der Waals surface area contributed by atoms with Gasteiger partial charge in [0, 0.05) is 33.2 Å². The first kappa shape index (κ1) is 31.7. The number of hydrogen-bond acceptors (Lipinski definition) is 7. The molecule has 0 radical (unpaired) electrons. The summed E-state index contributed by atoms with van der Waals surface area (Å²) in [5, 5.41) is 4.94. The molecular formula is C46H34N4OS2. The molecule has 0 saturated heterocycles. The van der Waals surface area contributed by atoms with Gasteiger partial charge in [0.05, 0.1) is 27.3 Å². The van der Waals surface area contributed by atoms with Crippen molar-refractivity contribution in [3.63, 3.8) is 0 Å². The maximum Gasteiger partial charge on any atom is 0.151 e. The number of fused-ring (bicyclic) bond motifs is 4. The van der Waals surface area contributed by atoms with Gasteiger partial charge in [-0.05, 0) is 115 Å². The molecule has 10 rings (SSSR count). The van der Waals surface area contributed by atoms with E-state index in [1.54, 1.807) is 11.3 Å². The lowest BCUT2D eigenvalue weighted by Gasteiger charge is -2.32. The van der Waals surface area contributed by atoms with Crippen LogP contribution in [0.5, 0.6) is 11.5 Å². The molecular weight excluding hydrogens is 689 g/mol. The molecule has 2 aliphatic heterocycles. The number of ether oxygens (including phenoxy) is 1. The predicted octanol–water partition coefficient (Wildman–Crippen LogP) is 13.8. The Kier molecular flexibility index (Phi) is 7.70. The summed E-state index contributed by atoms with van der Waals surface area (Å²) in [7, 11) is 0. The number of anilines is 7. The third kappa shape index (κ3) is 5.60. The summed E-state index contributed by atoms with van der Waals surface area (Å²) >= 11 is 3.59. The van der Waals surface area contributed by atoms with E-state index in [4.69, 9.17) is 9.72 Å². The number of hydrogen-bond donors (Lipinski definition) is 1. The molecule has 1 aromatic heterocycles. The van der Waals surface area contributed by atoms with Gasteiger partial charge in [-0.1, -0.05) is 84.6 Å². The smallest absolute Gasteiger partial charge is 0.151 e. The number of nitrogens with one attached hydrogen (secondary N) is 1. The predicted molar refractivity (Wildman–Crippen MR) is 223 cm³/mol. The Morgan fingerprint density at radius 3 is 1.91 bits per heavy atom. The van der Waals surface area contributed by atoms with Crippen molar-refractivity contribution in [2.75, 3.05) is 15.1 Å². The van der Waals surface area contributed by atoms with E-state index in [0.29, 0.717) is 0 Å². The number of aromatic nitrogens is 1. The van der Waals surface area contributed by atoms with Gasteiger partial charge in [-0.3, -0.25) is 0 Å². The molecule has 1 unspecified atom stereocenters. The van der Waals surface area contributed by atoms with Crippen LogP contribution in [0.15, 0.2) is 163 Å². The van der Waals surface area contributed by atoms with E-state index < -0.39 is 0 Å². The first-order valence-electron chi connectivity index (χ1n) is 17.7. The topological polar surface area (TPSA) is 40.6 Å². The van der Waals surface area contributed by atoms with E-state index in [1.807, 2.05) is 36.0 Å². The number of thioether (sulfide) groups is 1. The van der Waals surface area contributed by atoms with Crippen LogP contribution >= 0.6 is 23.1 Å². The Balaban J connectivity index is 0.897. The SMILES string of the molecule is Cc1ccccc1N(c1ccc(C2Nc3cc4sc(-c5ccc(N6c7ccccc7Oc7ccccc76)cc5)nc4cc3S2)cc1)c1ccccc1C. The van der Waals surface area contributed by atoms with Crippen molar-refractivity contribution in [1.29, 1.82) is 0 Å². The molecule has 0 fully saturated rings. The number of rotatable bonds is 6. The minimum atomic E-state index is 0.128. The highest BCUT2D eigenvalue weighted by molar-refractivity contribution is 8.00. The van der Waals surface area contributed by atoms with Gasteiger partial charge in [0.15, 0.2) is 11.5 Å². The minimum absolute atomic E-state index is 0.128. The first-order chi connectivity index (χ1) is 26.1. The van der Waals surface area contributed by atoms with E-state index in [-0.39, 0.29) is 5.37 Å². The van der Waals surface area contributed by atoms with Crippen LogP contribution in [0.3, 0.4) is 0 Å². The van der Waals surface area contributed by atoms with Gasteiger partial charge >= 0.3 is 0 Å². The second-order valence-corrected chi connectivity index (χ2v) is 15.6. The van der Waals surface area contributed by atoms with Crippen molar-refractivity contribution < 1.29 is 4.74 Å². The van der Waals surface area contributed by atoms with Crippen LogP contribution in [0.25, 0.3) is 20.8 Å². The molecule has 256 valence electrons. The van der Waals surface area contributed by atoms with Crippen molar-refractivity contribution >= 4 is 73.1 Å². The zero-order chi connectivity index (χ0) is 35.5. The Bertz CT molecular complexity index is 2520. The van der Waals surface area contributed by atoms with Crippen molar-refractivity contribution in [3.8, 4) is 22.1 Å². The van der Waals surface area contributed by atoms with Crippen molar-refractivity contribution in [1.82, 2.24) is 4.98 Å². The maximum absolute atomic E-state index is 6.21. The Hall–Kier alpha value is -6.02. The highest BCUT2D eigenvalue weighted by Gasteiger charge is 2.27. The van der Waals surface area contributed by atoms with Gasteiger partial charge < -0.3 is 19.9 Å². The highest BCUT2D eigenvalue weighted by Crippen LogP contribution is 2.52. The fraction of sp³-hybridized carbons (Fsp3) is 0.0652. The summed E-state index contributed by atoms with van der Waals surface area (Å²) in [4.78, 5) is 11.0. The molecule has 0 aliphatic carbocycles. The van der Waals surface area contributed by atoms with Gasteiger partial charge in [-0.25, -0.2) is 4.98 Å². The van der Waals surface area contributed by atoms with Crippen LogP contribution in [0.1, 0.15) is 22.1 Å². The van der Waals surface area contributed by atoms with Crippen LogP contribution in [0, 0.1) is 13.8 Å². The summed E-state index contributed by atoms with van der Waals surface area (Å²) in [6, 6.07) is 55.7. The molecule has 7 aromatic carbocycles. The van der Waals surface area contributed by atoms with Gasteiger partial charge in [-0.15, -0.1) is 11.3 Å². The third-order valence-corrected chi connectivity index (χ3v) is 12.3. The van der Waals surface area contributed by atoms with Crippen LogP contribution in [0.2, 0.25) is 0 Å². The second kappa shape index (κ2) is 12.9. The van der Waals surface area contributed by atoms with Crippen molar-refractivity contribution in [2.45, 2.75) is 24.1 Å².